The summed E-state index contributed by atoms with van der Waals surface area (Å²) in [5.74, 6) is 1.24. The van der Waals surface area contributed by atoms with Gasteiger partial charge in [0.25, 0.3) is 5.56 Å². The third kappa shape index (κ3) is 4.13. The zero-order valence-electron chi connectivity index (χ0n) is 18.1. The van der Waals surface area contributed by atoms with Gasteiger partial charge in [-0.2, -0.15) is 5.26 Å². The highest BCUT2D eigenvalue weighted by Crippen LogP contribution is 2.29. The fourth-order valence-electron chi connectivity index (χ4n) is 4.79. The SMILES string of the molecule is N#Cc1cc2c(nc1N1CCC(Cn3cnc(-c4cccnc4)cc3=O)CC1)CCCC2. The molecule has 0 bridgehead atoms. The first-order valence-electron chi connectivity index (χ1n) is 11.4. The predicted octanol–water partition coefficient (Wildman–Crippen LogP) is 3.37. The smallest absolute Gasteiger partial charge is 0.253 e. The van der Waals surface area contributed by atoms with Crippen LogP contribution >= 0.6 is 0 Å². The molecule has 0 aromatic carbocycles. The number of aryl methyl sites for hydroxylation is 2. The quantitative estimate of drug-likeness (QED) is 0.636. The van der Waals surface area contributed by atoms with Crippen molar-refractivity contribution in [2.75, 3.05) is 18.0 Å². The van der Waals surface area contributed by atoms with E-state index in [1.54, 1.807) is 29.4 Å². The van der Waals surface area contributed by atoms with Crippen LogP contribution in [0.1, 0.15) is 42.5 Å². The van der Waals surface area contributed by atoms with E-state index in [2.05, 4.69) is 27.0 Å². The Morgan fingerprint density at radius 1 is 1.16 bits per heavy atom. The van der Waals surface area contributed by atoms with Crippen LogP contribution in [-0.2, 0) is 19.4 Å². The fraction of sp³-hybridized carbons (Fsp3) is 0.400. The third-order valence-electron chi connectivity index (χ3n) is 6.61. The van der Waals surface area contributed by atoms with Crippen molar-refractivity contribution >= 4 is 5.82 Å². The summed E-state index contributed by atoms with van der Waals surface area (Å²) in [7, 11) is 0. The van der Waals surface area contributed by atoms with Crippen molar-refractivity contribution in [3.05, 3.63) is 70.2 Å². The summed E-state index contributed by atoms with van der Waals surface area (Å²) in [5, 5.41) is 9.67. The summed E-state index contributed by atoms with van der Waals surface area (Å²) < 4.78 is 1.71. The topological polar surface area (TPSA) is 87.7 Å². The average Bonchev–Trinajstić information content (AvgIpc) is 2.85. The predicted molar refractivity (Wildman–Crippen MR) is 122 cm³/mol. The van der Waals surface area contributed by atoms with Crippen molar-refractivity contribution in [3.63, 3.8) is 0 Å². The number of anilines is 1. The Hall–Kier alpha value is -3.53. The summed E-state index contributed by atoms with van der Waals surface area (Å²) in [6.45, 7) is 2.36. The van der Waals surface area contributed by atoms with Crippen LogP contribution in [0.4, 0.5) is 5.82 Å². The first-order valence-corrected chi connectivity index (χ1v) is 11.4. The lowest BCUT2D eigenvalue weighted by Gasteiger charge is -2.34. The van der Waals surface area contributed by atoms with Crippen LogP contribution in [0.5, 0.6) is 0 Å². The van der Waals surface area contributed by atoms with E-state index in [9.17, 15) is 10.1 Å². The highest BCUT2D eigenvalue weighted by Gasteiger charge is 2.24. The van der Waals surface area contributed by atoms with Gasteiger partial charge in [0.15, 0.2) is 0 Å². The molecule has 3 aromatic rings. The third-order valence-corrected chi connectivity index (χ3v) is 6.61. The molecule has 1 saturated heterocycles. The number of aromatic nitrogens is 4. The van der Waals surface area contributed by atoms with Gasteiger partial charge in [-0.15, -0.1) is 0 Å². The van der Waals surface area contributed by atoms with Crippen LogP contribution in [0.3, 0.4) is 0 Å². The van der Waals surface area contributed by atoms with Crippen molar-refractivity contribution in [2.45, 2.75) is 45.1 Å². The molecule has 3 aromatic heterocycles. The van der Waals surface area contributed by atoms with Crippen molar-refractivity contribution in [1.82, 2.24) is 19.5 Å². The van der Waals surface area contributed by atoms with Gasteiger partial charge in [0.1, 0.15) is 11.9 Å². The number of hydrogen-bond acceptors (Lipinski definition) is 6. The molecule has 0 radical (unpaired) electrons. The summed E-state index contributed by atoms with van der Waals surface area (Å²) in [5.41, 5.74) is 4.55. The van der Waals surface area contributed by atoms with Crippen LogP contribution in [0.15, 0.2) is 47.8 Å². The monoisotopic (exact) mass is 426 g/mol. The molecule has 5 rings (SSSR count). The van der Waals surface area contributed by atoms with Gasteiger partial charge in [0, 0.05) is 49.4 Å². The molecule has 0 amide bonds. The first kappa shape index (κ1) is 20.4. The highest BCUT2D eigenvalue weighted by molar-refractivity contribution is 5.57. The molecule has 162 valence electrons. The van der Waals surface area contributed by atoms with Crippen LogP contribution in [0.2, 0.25) is 0 Å². The fourth-order valence-corrected chi connectivity index (χ4v) is 4.79. The molecule has 0 atom stereocenters. The van der Waals surface area contributed by atoms with E-state index in [1.807, 2.05) is 12.1 Å². The van der Waals surface area contributed by atoms with E-state index in [4.69, 9.17) is 4.98 Å². The molecular formula is C25H26N6O. The Bertz CT molecular complexity index is 1210. The second-order valence-electron chi connectivity index (χ2n) is 8.72. The van der Waals surface area contributed by atoms with Gasteiger partial charge in [-0.05, 0) is 68.2 Å². The maximum Gasteiger partial charge on any atom is 0.253 e. The van der Waals surface area contributed by atoms with Crippen molar-refractivity contribution in [1.29, 1.82) is 5.26 Å². The maximum atomic E-state index is 12.6. The molecule has 7 heteroatoms. The molecule has 1 aliphatic carbocycles. The Labute approximate surface area is 187 Å². The van der Waals surface area contributed by atoms with Gasteiger partial charge in [0.2, 0.25) is 0 Å². The summed E-state index contributed by atoms with van der Waals surface area (Å²) in [6, 6.07) is 9.74. The molecule has 32 heavy (non-hydrogen) atoms. The molecule has 1 aliphatic heterocycles. The minimum Gasteiger partial charge on any atom is -0.355 e. The van der Waals surface area contributed by atoms with Crippen molar-refractivity contribution in [2.24, 2.45) is 5.92 Å². The van der Waals surface area contributed by atoms with Crippen molar-refractivity contribution in [3.8, 4) is 17.3 Å². The molecule has 2 aliphatic rings. The average molecular weight is 427 g/mol. The number of rotatable bonds is 4. The Morgan fingerprint density at radius 2 is 2.00 bits per heavy atom. The van der Waals surface area contributed by atoms with E-state index in [1.165, 1.54) is 24.1 Å². The normalized spacial score (nSPS) is 16.4. The molecule has 7 nitrogen and oxygen atoms in total. The van der Waals surface area contributed by atoms with Gasteiger partial charge in [-0.3, -0.25) is 14.3 Å². The molecule has 0 saturated carbocycles. The summed E-state index contributed by atoms with van der Waals surface area (Å²) in [4.78, 5) is 28.4. The van der Waals surface area contributed by atoms with E-state index >= 15 is 0 Å². The van der Waals surface area contributed by atoms with Gasteiger partial charge in [0.05, 0.1) is 17.6 Å². The standard InChI is InChI=1S/C25H26N6O/c26-14-21-12-19-4-1-2-6-22(19)29-25(21)30-10-7-18(8-11-30)16-31-17-28-23(13-24(31)32)20-5-3-9-27-15-20/h3,5,9,12-13,15,17-18H,1-2,4,6-8,10-11,16H2. The van der Waals surface area contributed by atoms with E-state index in [0.717, 1.165) is 50.2 Å². The first-order chi connectivity index (χ1) is 15.7. The maximum absolute atomic E-state index is 12.6. The molecule has 0 unspecified atom stereocenters. The van der Waals surface area contributed by atoms with E-state index in [-0.39, 0.29) is 5.56 Å². The number of nitrogens with zero attached hydrogens (tertiary/aromatic N) is 6. The molecule has 0 spiro atoms. The Morgan fingerprint density at radius 3 is 2.75 bits per heavy atom. The second-order valence-corrected chi connectivity index (χ2v) is 8.72. The van der Waals surface area contributed by atoms with Crippen molar-refractivity contribution < 1.29 is 0 Å². The Balaban J connectivity index is 1.26. The van der Waals surface area contributed by atoms with Gasteiger partial charge < -0.3 is 4.90 Å². The molecular weight excluding hydrogens is 400 g/mol. The van der Waals surface area contributed by atoms with Gasteiger partial charge in [-0.25, -0.2) is 9.97 Å². The lowest BCUT2D eigenvalue weighted by Crippen LogP contribution is -2.37. The number of pyridine rings is 2. The zero-order valence-corrected chi connectivity index (χ0v) is 18.1. The lowest BCUT2D eigenvalue weighted by molar-refractivity contribution is 0.350. The molecule has 1 fully saturated rings. The minimum absolute atomic E-state index is 0.0376. The molecule has 4 heterocycles. The van der Waals surface area contributed by atoms with Crippen LogP contribution < -0.4 is 10.5 Å². The van der Waals surface area contributed by atoms with Gasteiger partial charge >= 0.3 is 0 Å². The van der Waals surface area contributed by atoms with Crippen LogP contribution in [-0.4, -0.2) is 32.6 Å². The second kappa shape index (κ2) is 8.91. The van der Waals surface area contributed by atoms with E-state index in [0.29, 0.717) is 23.7 Å². The van der Waals surface area contributed by atoms with Crippen LogP contribution in [0.25, 0.3) is 11.3 Å². The number of fused-ring (bicyclic) bond motifs is 1. The number of hydrogen-bond donors (Lipinski definition) is 0. The number of piperidine rings is 1. The highest BCUT2D eigenvalue weighted by atomic mass is 16.1. The Kier molecular flexibility index (Phi) is 5.68. The van der Waals surface area contributed by atoms with E-state index < -0.39 is 0 Å². The molecule has 0 N–H and O–H groups in total. The number of nitriles is 1. The zero-order chi connectivity index (χ0) is 21.9. The van der Waals surface area contributed by atoms with Gasteiger partial charge in [-0.1, -0.05) is 0 Å². The lowest BCUT2D eigenvalue weighted by atomic mass is 9.93. The van der Waals surface area contributed by atoms with Crippen LogP contribution in [0, 0.1) is 17.2 Å². The summed E-state index contributed by atoms with van der Waals surface area (Å²) >= 11 is 0. The largest absolute Gasteiger partial charge is 0.355 e. The summed E-state index contributed by atoms with van der Waals surface area (Å²) in [6.07, 6.45) is 11.4. The minimum atomic E-state index is -0.0376.